The average molecular weight is 296 g/mol. The molecule has 0 amide bonds. The van der Waals surface area contributed by atoms with Gasteiger partial charge in [-0.1, -0.05) is 37.4 Å². The van der Waals surface area contributed by atoms with E-state index in [1.165, 1.54) is 38.5 Å². The van der Waals surface area contributed by atoms with Gasteiger partial charge in [0.25, 0.3) is 0 Å². The van der Waals surface area contributed by atoms with Gasteiger partial charge in [-0.3, -0.25) is 0 Å². The maximum Gasteiger partial charge on any atom is 0.121 e. The van der Waals surface area contributed by atoms with Gasteiger partial charge in [-0.05, 0) is 56.8 Å². The zero-order chi connectivity index (χ0) is 14.4. The first-order valence-corrected chi connectivity index (χ1v) is 8.28. The number of ether oxygens (including phenoxy) is 1. The third kappa shape index (κ3) is 4.39. The summed E-state index contributed by atoms with van der Waals surface area (Å²) in [4.78, 5) is 0. The summed E-state index contributed by atoms with van der Waals surface area (Å²) in [5, 5.41) is 4.18. The molecule has 20 heavy (non-hydrogen) atoms. The predicted molar refractivity (Wildman–Crippen MR) is 85.7 cm³/mol. The second-order valence-electron chi connectivity index (χ2n) is 5.69. The average Bonchev–Trinajstić information content (AvgIpc) is 2.67. The summed E-state index contributed by atoms with van der Waals surface area (Å²) in [6, 6.07) is 6.39. The summed E-state index contributed by atoms with van der Waals surface area (Å²) >= 11 is 6.39. The lowest BCUT2D eigenvalue weighted by molar-refractivity contribution is 0.183. The molecule has 1 aromatic rings. The van der Waals surface area contributed by atoms with Gasteiger partial charge in [0, 0.05) is 11.1 Å². The molecule has 0 aromatic heterocycles. The van der Waals surface area contributed by atoms with Gasteiger partial charge in [0.2, 0.25) is 0 Å². The smallest absolute Gasteiger partial charge is 0.121 e. The van der Waals surface area contributed by atoms with Crippen molar-refractivity contribution in [1.29, 1.82) is 0 Å². The molecule has 112 valence electrons. The van der Waals surface area contributed by atoms with Crippen LogP contribution in [-0.4, -0.2) is 12.6 Å². The van der Waals surface area contributed by atoms with E-state index in [4.69, 9.17) is 16.3 Å². The lowest BCUT2D eigenvalue weighted by Gasteiger charge is -2.19. The normalized spacial score (nSPS) is 18.6. The largest absolute Gasteiger partial charge is 0.490 e. The van der Waals surface area contributed by atoms with Crippen molar-refractivity contribution in [3.8, 4) is 5.75 Å². The minimum atomic E-state index is 0.277. The Bertz CT molecular complexity index is 413. The first kappa shape index (κ1) is 15.7. The quantitative estimate of drug-likeness (QED) is 0.762. The zero-order valence-electron chi connectivity index (χ0n) is 12.6. The predicted octanol–water partition coefficient (Wildman–Crippen LogP) is 5.11. The fourth-order valence-corrected chi connectivity index (χ4v) is 3.23. The molecule has 0 saturated heterocycles. The Kier molecular flexibility index (Phi) is 6.18. The van der Waals surface area contributed by atoms with Gasteiger partial charge in [-0.15, -0.1) is 0 Å². The van der Waals surface area contributed by atoms with Crippen LogP contribution in [0.3, 0.4) is 0 Å². The number of halogens is 1. The topological polar surface area (TPSA) is 21.3 Å². The van der Waals surface area contributed by atoms with Crippen molar-refractivity contribution in [2.24, 2.45) is 0 Å². The monoisotopic (exact) mass is 295 g/mol. The van der Waals surface area contributed by atoms with Crippen molar-refractivity contribution in [2.45, 2.75) is 64.5 Å². The SMILES string of the molecule is CCNC(C)c1ccc(OC2CCCCCC2)cc1Cl. The van der Waals surface area contributed by atoms with Crippen LogP contribution in [0.25, 0.3) is 0 Å². The molecule has 1 aliphatic rings. The van der Waals surface area contributed by atoms with E-state index in [-0.39, 0.29) is 6.04 Å². The number of hydrogen-bond donors (Lipinski definition) is 1. The van der Waals surface area contributed by atoms with Gasteiger partial charge in [-0.2, -0.15) is 0 Å². The van der Waals surface area contributed by atoms with Gasteiger partial charge in [-0.25, -0.2) is 0 Å². The summed E-state index contributed by atoms with van der Waals surface area (Å²) < 4.78 is 6.11. The molecule has 1 fully saturated rings. The van der Waals surface area contributed by atoms with Crippen LogP contribution in [0.15, 0.2) is 18.2 Å². The highest BCUT2D eigenvalue weighted by atomic mass is 35.5. The molecule has 3 heteroatoms. The van der Waals surface area contributed by atoms with E-state index in [2.05, 4.69) is 31.3 Å². The van der Waals surface area contributed by atoms with Gasteiger partial charge in [0.15, 0.2) is 0 Å². The van der Waals surface area contributed by atoms with E-state index in [0.29, 0.717) is 6.10 Å². The summed E-state index contributed by atoms with van der Waals surface area (Å²) in [5.41, 5.74) is 1.14. The molecule has 1 aromatic carbocycles. The molecule has 1 atom stereocenters. The standard InChI is InChI=1S/C17H26ClNO/c1-3-19-13(2)16-11-10-15(12-17(16)18)20-14-8-6-4-5-7-9-14/h10-14,19H,3-9H2,1-2H3. The third-order valence-electron chi connectivity index (χ3n) is 4.05. The van der Waals surface area contributed by atoms with Crippen LogP contribution in [0.2, 0.25) is 5.02 Å². The van der Waals surface area contributed by atoms with Crippen molar-refractivity contribution in [3.05, 3.63) is 28.8 Å². The second-order valence-corrected chi connectivity index (χ2v) is 6.10. The van der Waals surface area contributed by atoms with E-state index in [1.54, 1.807) is 0 Å². The Morgan fingerprint density at radius 2 is 1.95 bits per heavy atom. The highest BCUT2D eigenvalue weighted by Crippen LogP contribution is 2.29. The third-order valence-corrected chi connectivity index (χ3v) is 4.38. The Balaban J connectivity index is 2.00. The highest BCUT2D eigenvalue weighted by Gasteiger charge is 2.15. The molecule has 0 aliphatic heterocycles. The Morgan fingerprint density at radius 1 is 1.25 bits per heavy atom. The maximum absolute atomic E-state index is 6.39. The number of nitrogens with one attached hydrogen (secondary N) is 1. The lowest BCUT2D eigenvalue weighted by atomic mass is 10.1. The van der Waals surface area contributed by atoms with Crippen LogP contribution in [0.1, 0.15) is 64.0 Å². The minimum Gasteiger partial charge on any atom is -0.490 e. The van der Waals surface area contributed by atoms with E-state index >= 15 is 0 Å². The lowest BCUT2D eigenvalue weighted by Crippen LogP contribution is -2.18. The second kappa shape index (κ2) is 7.90. The van der Waals surface area contributed by atoms with Crippen molar-refractivity contribution in [1.82, 2.24) is 5.32 Å². The van der Waals surface area contributed by atoms with Crippen molar-refractivity contribution >= 4 is 11.6 Å². The van der Waals surface area contributed by atoms with Crippen LogP contribution < -0.4 is 10.1 Å². The molecule has 1 N–H and O–H groups in total. The number of rotatable bonds is 5. The first-order valence-electron chi connectivity index (χ1n) is 7.90. The number of hydrogen-bond acceptors (Lipinski definition) is 2. The number of benzene rings is 1. The maximum atomic E-state index is 6.39. The molecular formula is C17H26ClNO. The zero-order valence-corrected chi connectivity index (χ0v) is 13.4. The van der Waals surface area contributed by atoms with Crippen LogP contribution in [0.5, 0.6) is 5.75 Å². The van der Waals surface area contributed by atoms with E-state index in [0.717, 1.165) is 22.9 Å². The molecule has 0 heterocycles. The van der Waals surface area contributed by atoms with Crippen LogP contribution in [0.4, 0.5) is 0 Å². The Hall–Kier alpha value is -0.730. The molecule has 1 unspecified atom stereocenters. The first-order chi connectivity index (χ1) is 9.70. The van der Waals surface area contributed by atoms with Crippen LogP contribution in [0, 0.1) is 0 Å². The molecule has 2 nitrogen and oxygen atoms in total. The molecule has 1 saturated carbocycles. The highest BCUT2D eigenvalue weighted by molar-refractivity contribution is 6.31. The van der Waals surface area contributed by atoms with E-state index < -0.39 is 0 Å². The van der Waals surface area contributed by atoms with Crippen molar-refractivity contribution < 1.29 is 4.74 Å². The molecular weight excluding hydrogens is 270 g/mol. The molecule has 0 spiro atoms. The van der Waals surface area contributed by atoms with E-state index in [1.807, 2.05) is 6.07 Å². The van der Waals surface area contributed by atoms with Crippen LogP contribution in [-0.2, 0) is 0 Å². The minimum absolute atomic E-state index is 0.277. The van der Waals surface area contributed by atoms with Crippen LogP contribution >= 0.6 is 11.6 Å². The van der Waals surface area contributed by atoms with Gasteiger partial charge in [0.1, 0.15) is 5.75 Å². The summed E-state index contributed by atoms with van der Waals surface area (Å²) in [6.45, 7) is 5.18. The molecule has 0 radical (unpaired) electrons. The van der Waals surface area contributed by atoms with Crippen molar-refractivity contribution in [2.75, 3.05) is 6.54 Å². The Morgan fingerprint density at radius 3 is 2.55 bits per heavy atom. The summed E-state index contributed by atoms with van der Waals surface area (Å²) in [5.74, 6) is 0.911. The van der Waals surface area contributed by atoms with Crippen molar-refractivity contribution in [3.63, 3.8) is 0 Å². The summed E-state index contributed by atoms with van der Waals surface area (Å²) in [6.07, 6.45) is 7.98. The van der Waals surface area contributed by atoms with E-state index in [9.17, 15) is 0 Å². The molecule has 0 bridgehead atoms. The Labute approximate surface area is 127 Å². The van der Waals surface area contributed by atoms with Gasteiger partial charge < -0.3 is 10.1 Å². The van der Waals surface area contributed by atoms with Gasteiger partial charge >= 0.3 is 0 Å². The van der Waals surface area contributed by atoms with Gasteiger partial charge in [0.05, 0.1) is 6.10 Å². The fourth-order valence-electron chi connectivity index (χ4n) is 2.90. The molecule has 2 rings (SSSR count). The fraction of sp³-hybridized carbons (Fsp3) is 0.647. The summed E-state index contributed by atoms with van der Waals surface area (Å²) in [7, 11) is 0. The molecule has 1 aliphatic carbocycles.